The Bertz CT molecular complexity index is 555. The van der Waals surface area contributed by atoms with E-state index in [2.05, 4.69) is 5.32 Å². The van der Waals surface area contributed by atoms with E-state index in [1.165, 1.54) is 12.1 Å². The molecule has 0 aliphatic heterocycles. The molecule has 0 spiro atoms. The number of halogens is 3. The Morgan fingerprint density at radius 2 is 1.65 bits per heavy atom. The van der Waals surface area contributed by atoms with Gasteiger partial charge in [0.25, 0.3) is 0 Å². The second-order valence-electron chi connectivity index (χ2n) is 3.49. The SMILES string of the molecule is Nc1ccc(Nc2cc(F)ccc2F)cc1F. The highest BCUT2D eigenvalue weighted by molar-refractivity contribution is 5.62. The van der Waals surface area contributed by atoms with Gasteiger partial charge in [-0.05, 0) is 30.3 Å². The smallest absolute Gasteiger partial charge is 0.148 e. The van der Waals surface area contributed by atoms with Crippen molar-refractivity contribution in [3.8, 4) is 0 Å². The first-order valence-electron chi connectivity index (χ1n) is 4.83. The van der Waals surface area contributed by atoms with Crippen LogP contribution < -0.4 is 11.1 Å². The fourth-order valence-electron chi connectivity index (χ4n) is 1.35. The van der Waals surface area contributed by atoms with Gasteiger partial charge in [0.05, 0.1) is 11.4 Å². The summed E-state index contributed by atoms with van der Waals surface area (Å²) in [5.74, 6) is -1.82. The van der Waals surface area contributed by atoms with Crippen LogP contribution in [0, 0.1) is 17.5 Å². The van der Waals surface area contributed by atoms with Gasteiger partial charge in [0.1, 0.15) is 17.5 Å². The highest BCUT2D eigenvalue weighted by Crippen LogP contribution is 2.23. The van der Waals surface area contributed by atoms with Gasteiger partial charge in [-0.1, -0.05) is 0 Å². The van der Waals surface area contributed by atoms with Crippen molar-refractivity contribution in [2.45, 2.75) is 0 Å². The van der Waals surface area contributed by atoms with Crippen molar-refractivity contribution in [3.63, 3.8) is 0 Å². The van der Waals surface area contributed by atoms with Crippen molar-refractivity contribution in [2.75, 3.05) is 11.1 Å². The molecule has 0 radical (unpaired) electrons. The van der Waals surface area contributed by atoms with E-state index in [0.29, 0.717) is 5.69 Å². The molecule has 3 N–H and O–H groups in total. The molecule has 2 nitrogen and oxygen atoms in total. The third-order valence-corrected chi connectivity index (χ3v) is 2.21. The van der Waals surface area contributed by atoms with Crippen LogP contribution in [0.15, 0.2) is 36.4 Å². The molecular formula is C12H9F3N2. The van der Waals surface area contributed by atoms with E-state index in [9.17, 15) is 13.2 Å². The summed E-state index contributed by atoms with van der Waals surface area (Å²) in [6, 6.07) is 6.91. The van der Waals surface area contributed by atoms with Gasteiger partial charge in [0.2, 0.25) is 0 Å². The predicted molar refractivity (Wildman–Crippen MR) is 60.5 cm³/mol. The van der Waals surface area contributed by atoms with Gasteiger partial charge in [0, 0.05) is 11.8 Å². The summed E-state index contributed by atoms with van der Waals surface area (Å²) in [6.45, 7) is 0. The third kappa shape index (κ3) is 2.50. The zero-order chi connectivity index (χ0) is 12.4. The molecule has 2 rings (SSSR count). The maximum absolute atomic E-state index is 13.3. The summed E-state index contributed by atoms with van der Waals surface area (Å²) >= 11 is 0. The molecule has 0 unspecified atom stereocenters. The first kappa shape index (κ1) is 11.3. The van der Waals surface area contributed by atoms with Crippen molar-refractivity contribution in [3.05, 3.63) is 53.8 Å². The zero-order valence-electron chi connectivity index (χ0n) is 8.68. The van der Waals surface area contributed by atoms with E-state index >= 15 is 0 Å². The highest BCUT2D eigenvalue weighted by Gasteiger charge is 2.05. The van der Waals surface area contributed by atoms with Crippen molar-refractivity contribution in [1.29, 1.82) is 0 Å². The summed E-state index contributed by atoms with van der Waals surface area (Å²) < 4.78 is 39.3. The Morgan fingerprint density at radius 3 is 2.35 bits per heavy atom. The second-order valence-corrected chi connectivity index (χ2v) is 3.49. The number of rotatable bonds is 2. The molecule has 0 aliphatic rings. The van der Waals surface area contributed by atoms with E-state index in [1.54, 1.807) is 0 Å². The molecule has 0 heterocycles. The summed E-state index contributed by atoms with van der Waals surface area (Å²) in [5.41, 5.74) is 5.53. The molecule has 0 amide bonds. The Kier molecular flexibility index (Phi) is 2.91. The Hall–Kier alpha value is -2.17. The van der Waals surface area contributed by atoms with Crippen molar-refractivity contribution in [1.82, 2.24) is 0 Å². The van der Waals surface area contributed by atoms with Gasteiger partial charge in [-0.15, -0.1) is 0 Å². The van der Waals surface area contributed by atoms with Crippen LogP contribution in [0.3, 0.4) is 0 Å². The zero-order valence-corrected chi connectivity index (χ0v) is 8.68. The van der Waals surface area contributed by atoms with E-state index in [0.717, 1.165) is 24.3 Å². The maximum atomic E-state index is 13.3. The minimum atomic E-state index is -0.622. The number of nitrogens with one attached hydrogen (secondary N) is 1. The summed E-state index contributed by atoms with van der Waals surface area (Å²) in [5, 5.41) is 2.57. The molecule has 0 bridgehead atoms. The van der Waals surface area contributed by atoms with E-state index in [-0.39, 0.29) is 11.4 Å². The Morgan fingerprint density at radius 1 is 0.882 bits per heavy atom. The lowest BCUT2D eigenvalue weighted by molar-refractivity contribution is 0.603. The number of benzene rings is 2. The molecule has 0 atom stereocenters. The van der Waals surface area contributed by atoms with Crippen LogP contribution >= 0.6 is 0 Å². The van der Waals surface area contributed by atoms with Crippen molar-refractivity contribution >= 4 is 17.1 Å². The van der Waals surface area contributed by atoms with Crippen LogP contribution in [0.2, 0.25) is 0 Å². The average molecular weight is 238 g/mol. The molecule has 88 valence electrons. The fraction of sp³-hybridized carbons (Fsp3) is 0. The number of nitrogens with two attached hydrogens (primary N) is 1. The quantitative estimate of drug-likeness (QED) is 0.786. The van der Waals surface area contributed by atoms with Crippen LogP contribution in [-0.2, 0) is 0 Å². The number of nitrogen functional groups attached to an aromatic ring is 1. The topological polar surface area (TPSA) is 38.0 Å². The second kappa shape index (κ2) is 4.37. The molecular weight excluding hydrogens is 229 g/mol. The number of anilines is 3. The van der Waals surface area contributed by atoms with Gasteiger partial charge < -0.3 is 11.1 Å². The van der Waals surface area contributed by atoms with Gasteiger partial charge in [0.15, 0.2) is 0 Å². The molecule has 0 saturated heterocycles. The summed E-state index contributed by atoms with van der Waals surface area (Å²) in [7, 11) is 0. The van der Waals surface area contributed by atoms with Gasteiger partial charge >= 0.3 is 0 Å². The molecule has 0 aromatic heterocycles. The molecule has 17 heavy (non-hydrogen) atoms. The van der Waals surface area contributed by atoms with Crippen LogP contribution in [0.4, 0.5) is 30.2 Å². The lowest BCUT2D eigenvalue weighted by atomic mass is 10.2. The summed E-state index contributed by atoms with van der Waals surface area (Å²) in [6.07, 6.45) is 0. The Labute approximate surface area is 95.9 Å². The number of hydrogen-bond donors (Lipinski definition) is 2. The Balaban J connectivity index is 2.31. The summed E-state index contributed by atoms with van der Waals surface area (Å²) in [4.78, 5) is 0. The maximum Gasteiger partial charge on any atom is 0.148 e. The van der Waals surface area contributed by atoms with E-state index < -0.39 is 17.5 Å². The van der Waals surface area contributed by atoms with Gasteiger partial charge in [-0.3, -0.25) is 0 Å². The molecule has 0 fully saturated rings. The van der Waals surface area contributed by atoms with Crippen LogP contribution in [0.25, 0.3) is 0 Å². The van der Waals surface area contributed by atoms with Crippen LogP contribution in [0.5, 0.6) is 0 Å². The molecule has 2 aromatic carbocycles. The van der Waals surface area contributed by atoms with E-state index in [4.69, 9.17) is 5.73 Å². The van der Waals surface area contributed by atoms with Crippen molar-refractivity contribution in [2.24, 2.45) is 0 Å². The predicted octanol–water partition coefficient (Wildman–Crippen LogP) is 3.43. The minimum Gasteiger partial charge on any atom is -0.396 e. The molecule has 0 aliphatic carbocycles. The average Bonchev–Trinajstić information content (AvgIpc) is 2.29. The van der Waals surface area contributed by atoms with Crippen LogP contribution in [0.1, 0.15) is 0 Å². The van der Waals surface area contributed by atoms with E-state index in [1.807, 2.05) is 0 Å². The largest absolute Gasteiger partial charge is 0.396 e. The normalized spacial score (nSPS) is 10.3. The van der Waals surface area contributed by atoms with Gasteiger partial charge in [-0.2, -0.15) is 0 Å². The fourth-order valence-corrected chi connectivity index (χ4v) is 1.35. The molecule has 0 saturated carbocycles. The molecule has 2 aromatic rings. The van der Waals surface area contributed by atoms with Crippen LogP contribution in [-0.4, -0.2) is 0 Å². The standard InChI is InChI=1S/C12H9F3N2/c13-7-1-3-9(14)12(5-7)17-8-2-4-11(16)10(15)6-8/h1-6,17H,16H2. The minimum absolute atomic E-state index is 0.00439. The van der Waals surface area contributed by atoms with Crippen molar-refractivity contribution < 1.29 is 13.2 Å². The van der Waals surface area contributed by atoms with Gasteiger partial charge in [-0.25, -0.2) is 13.2 Å². The number of hydrogen-bond acceptors (Lipinski definition) is 2. The lowest BCUT2D eigenvalue weighted by Gasteiger charge is -2.08. The third-order valence-electron chi connectivity index (χ3n) is 2.21. The lowest BCUT2D eigenvalue weighted by Crippen LogP contribution is -1.97. The first-order chi connectivity index (χ1) is 8.06. The first-order valence-corrected chi connectivity index (χ1v) is 4.83. The monoisotopic (exact) mass is 238 g/mol. The molecule has 5 heteroatoms. The highest BCUT2D eigenvalue weighted by atomic mass is 19.1.